The number of imidazole rings is 1. The van der Waals surface area contributed by atoms with Gasteiger partial charge >= 0.3 is 0 Å². The van der Waals surface area contributed by atoms with Crippen molar-refractivity contribution in [1.29, 1.82) is 0 Å². The molecule has 2 aromatic heterocycles. The number of hydrogen-bond acceptors (Lipinski definition) is 4. The van der Waals surface area contributed by atoms with Crippen molar-refractivity contribution in [1.82, 2.24) is 14.5 Å². The van der Waals surface area contributed by atoms with Gasteiger partial charge in [-0.15, -0.1) is 17.8 Å². The molecule has 4 rings (SSSR count). The monoisotopic (exact) mass is 397 g/mol. The van der Waals surface area contributed by atoms with Crippen molar-refractivity contribution in [3.63, 3.8) is 0 Å². The molecule has 5 heteroatoms. The third-order valence-electron chi connectivity index (χ3n) is 4.65. The maximum Gasteiger partial charge on any atom is 0.186 e. The normalized spacial score (nSPS) is 10.6. The minimum atomic E-state index is 0.0269. The van der Waals surface area contributed by atoms with Crippen LogP contribution in [-0.2, 0) is 13.0 Å². The maximum absolute atomic E-state index is 12.2. The van der Waals surface area contributed by atoms with Gasteiger partial charge in [-0.25, -0.2) is 9.97 Å². The summed E-state index contributed by atoms with van der Waals surface area (Å²) < 4.78 is 1.99. The third-order valence-corrected chi connectivity index (χ3v) is 5.23. The van der Waals surface area contributed by atoms with E-state index in [1.54, 1.807) is 10.9 Å². The SMILES string of the molecule is C#CCn1cc(-c2ccc(CC(=O)c3cscn3)cc2)nc1-c1cccc(C)c1. The summed E-state index contributed by atoms with van der Waals surface area (Å²) in [5.41, 5.74) is 7.21. The number of terminal acetylenes is 1. The van der Waals surface area contributed by atoms with E-state index >= 15 is 0 Å². The number of hydrogen-bond donors (Lipinski definition) is 0. The molecule has 2 heterocycles. The average Bonchev–Trinajstić information content (AvgIpc) is 3.39. The second-order valence-electron chi connectivity index (χ2n) is 6.82. The first-order valence-electron chi connectivity index (χ1n) is 9.22. The summed E-state index contributed by atoms with van der Waals surface area (Å²) in [6, 6.07) is 16.1. The maximum atomic E-state index is 12.2. The minimum Gasteiger partial charge on any atom is -0.319 e. The molecule has 0 aliphatic heterocycles. The van der Waals surface area contributed by atoms with Gasteiger partial charge in [0.1, 0.15) is 11.5 Å². The first-order chi connectivity index (χ1) is 14.1. The lowest BCUT2D eigenvalue weighted by Crippen LogP contribution is -2.03. The predicted molar refractivity (Wildman–Crippen MR) is 117 cm³/mol. The van der Waals surface area contributed by atoms with E-state index in [9.17, 15) is 4.79 Å². The van der Waals surface area contributed by atoms with Crippen LogP contribution in [0.1, 0.15) is 21.6 Å². The van der Waals surface area contributed by atoms with Gasteiger partial charge < -0.3 is 4.57 Å². The lowest BCUT2D eigenvalue weighted by molar-refractivity contribution is 0.0989. The van der Waals surface area contributed by atoms with E-state index in [1.165, 1.54) is 16.9 Å². The number of carbonyl (C=O) groups is 1. The largest absolute Gasteiger partial charge is 0.319 e. The molecule has 0 radical (unpaired) electrons. The first kappa shape index (κ1) is 18.9. The number of benzene rings is 2. The molecule has 4 nitrogen and oxygen atoms in total. The highest BCUT2D eigenvalue weighted by Crippen LogP contribution is 2.26. The second kappa shape index (κ2) is 8.26. The van der Waals surface area contributed by atoms with Crippen LogP contribution in [0.15, 0.2) is 65.6 Å². The Hall–Kier alpha value is -3.49. The Balaban J connectivity index is 1.60. The molecule has 0 N–H and O–H groups in total. The fraction of sp³-hybridized carbons (Fsp3) is 0.125. The number of carbonyl (C=O) groups excluding carboxylic acids is 1. The smallest absolute Gasteiger partial charge is 0.186 e. The van der Waals surface area contributed by atoms with Gasteiger partial charge in [-0.05, 0) is 18.6 Å². The highest BCUT2D eigenvalue weighted by atomic mass is 32.1. The standard InChI is InChI=1S/C24H19N3OS/c1-3-11-27-14-21(26-24(27)20-6-4-5-17(2)12-20)19-9-7-18(8-10-19)13-23(28)22-15-29-16-25-22/h1,4-10,12,14-16H,11,13H2,2H3. The van der Waals surface area contributed by atoms with Gasteiger partial charge in [-0.3, -0.25) is 4.79 Å². The van der Waals surface area contributed by atoms with Crippen LogP contribution in [0.2, 0.25) is 0 Å². The first-order valence-corrected chi connectivity index (χ1v) is 10.2. The van der Waals surface area contributed by atoms with Crippen molar-refractivity contribution in [2.24, 2.45) is 0 Å². The molecule has 2 aromatic carbocycles. The van der Waals surface area contributed by atoms with Crippen molar-refractivity contribution in [2.45, 2.75) is 19.9 Å². The van der Waals surface area contributed by atoms with Gasteiger partial charge in [0.15, 0.2) is 5.78 Å². The van der Waals surface area contributed by atoms with Crippen LogP contribution < -0.4 is 0 Å². The number of aromatic nitrogens is 3. The molecule has 0 saturated heterocycles. The van der Waals surface area contributed by atoms with Crippen molar-refractivity contribution in [3.05, 3.63) is 82.4 Å². The zero-order valence-electron chi connectivity index (χ0n) is 16.0. The summed E-state index contributed by atoms with van der Waals surface area (Å²) in [6.45, 7) is 2.51. The van der Waals surface area contributed by atoms with Crippen LogP contribution in [0.25, 0.3) is 22.6 Å². The van der Waals surface area contributed by atoms with E-state index in [2.05, 4.69) is 30.0 Å². The van der Waals surface area contributed by atoms with Gasteiger partial charge in [0.05, 0.1) is 17.7 Å². The fourth-order valence-corrected chi connectivity index (χ4v) is 3.76. The summed E-state index contributed by atoms with van der Waals surface area (Å²) in [7, 11) is 0. The van der Waals surface area contributed by atoms with E-state index in [0.29, 0.717) is 18.7 Å². The van der Waals surface area contributed by atoms with E-state index < -0.39 is 0 Å². The Kier molecular flexibility index (Phi) is 5.37. The molecule has 0 saturated carbocycles. The molecular formula is C24H19N3OS. The van der Waals surface area contributed by atoms with Crippen molar-refractivity contribution in [3.8, 4) is 35.0 Å². The molecule has 0 amide bonds. The third kappa shape index (κ3) is 4.18. The Morgan fingerprint density at radius 1 is 1.17 bits per heavy atom. The Bertz CT molecular complexity index is 1180. The molecule has 29 heavy (non-hydrogen) atoms. The van der Waals surface area contributed by atoms with Crippen LogP contribution in [-0.4, -0.2) is 20.3 Å². The Labute approximate surface area is 173 Å². The molecule has 0 spiro atoms. The Morgan fingerprint density at radius 3 is 2.69 bits per heavy atom. The zero-order chi connectivity index (χ0) is 20.2. The van der Waals surface area contributed by atoms with Gasteiger partial charge in [-0.1, -0.05) is 53.9 Å². The van der Waals surface area contributed by atoms with E-state index in [0.717, 1.165) is 28.2 Å². The summed E-state index contributed by atoms with van der Waals surface area (Å²) in [6.07, 6.45) is 7.87. The van der Waals surface area contributed by atoms with Gasteiger partial charge in [0, 0.05) is 29.1 Å². The summed E-state index contributed by atoms with van der Waals surface area (Å²) >= 11 is 1.43. The van der Waals surface area contributed by atoms with Gasteiger partial charge in [0.25, 0.3) is 0 Å². The molecule has 4 aromatic rings. The summed E-state index contributed by atoms with van der Waals surface area (Å²) in [5, 5.41) is 1.78. The van der Waals surface area contributed by atoms with Crippen molar-refractivity contribution in [2.75, 3.05) is 0 Å². The van der Waals surface area contributed by atoms with Gasteiger partial charge in [0.2, 0.25) is 0 Å². The number of thiazole rings is 1. The second-order valence-corrected chi connectivity index (χ2v) is 7.54. The molecule has 0 unspecified atom stereocenters. The predicted octanol–water partition coefficient (Wildman–Crippen LogP) is 5.04. The lowest BCUT2D eigenvalue weighted by Gasteiger charge is -2.04. The van der Waals surface area contributed by atoms with Crippen LogP contribution >= 0.6 is 11.3 Å². The minimum absolute atomic E-state index is 0.0269. The van der Waals surface area contributed by atoms with Crippen LogP contribution in [0.3, 0.4) is 0 Å². The quantitative estimate of drug-likeness (QED) is 0.338. The lowest BCUT2D eigenvalue weighted by atomic mass is 10.0. The van der Waals surface area contributed by atoms with Crippen LogP contribution in [0.4, 0.5) is 0 Å². The molecule has 142 valence electrons. The molecule has 0 bridgehead atoms. The van der Waals surface area contributed by atoms with Crippen molar-refractivity contribution >= 4 is 17.1 Å². The molecule has 0 aliphatic rings. The average molecular weight is 398 g/mol. The molecule has 0 aliphatic carbocycles. The van der Waals surface area contributed by atoms with Crippen LogP contribution in [0.5, 0.6) is 0 Å². The highest BCUT2D eigenvalue weighted by molar-refractivity contribution is 7.07. The number of nitrogens with zero attached hydrogens (tertiary/aromatic N) is 3. The summed E-state index contributed by atoms with van der Waals surface area (Å²) in [4.78, 5) is 21.2. The van der Waals surface area contributed by atoms with E-state index in [1.807, 2.05) is 47.2 Å². The summed E-state index contributed by atoms with van der Waals surface area (Å²) in [5.74, 6) is 3.58. The van der Waals surface area contributed by atoms with E-state index in [4.69, 9.17) is 11.4 Å². The van der Waals surface area contributed by atoms with Crippen molar-refractivity contribution < 1.29 is 4.79 Å². The number of ketones is 1. The Morgan fingerprint density at radius 2 is 2.00 bits per heavy atom. The number of rotatable bonds is 6. The van der Waals surface area contributed by atoms with E-state index in [-0.39, 0.29) is 5.78 Å². The number of Topliss-reactive ketones (excluding diaryl/α,β-unsaturated/α-hetero) is 1. The van der Waals surface area contributed by atoms with Gasteiger partial charge in [-0.2, -0.15) is 0 Å². The molecule has 0 fully saturated rings. The fourth-order valence-electron chi connectivity index (χ4n) is 3.21. The number of aryl methyl sites for hydroxylation is 1. The zero-order valence-corrected chi connectivity index (χ0v) is 16.8. The molecule has 0 atom stereocenters. The van der Waals surface area contributed by atoms with Crippen LogP contribution in [0, 0.1) is 19.3 Å². The highest BCUT2D eigenvalue weighted by Gasteiger charge is 2.13. The molecular weight excluding hydrogens is 378 g/mol. The topological polar surface area (TPSA) is 47.8 Å².